The van der Waals surface area contributed by atoms with E-state index in [9.17, 15) is 9.59 Å². The van der Waals surface area contributed by atoms with Gasteiger partial charge >= 0.3 is 5.97 Å². The van der Waals surface area contributed by atoms with E-state index in [0.29, 0.717) is 16.6 Å². The maximum absolute atomic E-state index is 11.8. The van der Waals surface area contributed by atoms with Gasteiger partial charge in [-0.15, -0.1) is 0 Å². The fourth-order valence-corrected chi connectivity index (χ4v) is 4.10. The zero-order valence-electron chi connectivity index (χ0n) is 10.9. The molecule has 2 unspecified atom stereocenters. The minimum atomic E-state index is -0.479. The summed E-state index contributed by atoms with van der Waals surface area (Å²) in [5, 5.41) is 3.73. The number of amides is 1. The molecule has 20 heavy (non-hydrogen) atoms. The van der Waals surface area contributed by atoms with Crippen LogP contribution in [0.3, 0.4) is 0 Å². The predicted molar refractivity (Wildman–Crippen MR) is 75.3 cm³/mol. The molecule has 0 spiro atoms. The fraction of sp³-hybridized carbons (Fsp3) is 0.583. The summed E-state index contributed by atoms with van der Waals surface area (Å²) in [6.07, 6.45) is 1.83. The molecule has 0 radical (unpaired) electrons. The third-order valence-electron chi connectivity index (χ3n) is 3.79. The molecule has 6 nitrogen and oxygen atoms in total. The largest absolute Gasteiger partial charge is 0.465 e. The zero-order valence-corrected chi connectivity index (χ0v) is 12.5. The molecule has 2 aliphatic rings. The van der Waals surface area contributed by atoms with Crippen LogP contribution in [0.4, 0.5) is 5.13 Å². The number of hydrogen-bond acceptors (Lipinski definition) is 6. The lowest BCUT2D eigenvalue weighted by Crippen LogP contribution is -2.45. The number of fused-ring (bicyclic) bond motifs is 1. The highest BCUT2D eigenvalue weighted by Crippen LogP contribution is 2.36. The van der Waals surface area contributed by atoms with Crippen molar-refractivity contribution < 1.29 is 14.3 Å². The molecule has 2 saturated heterocycles. The average Bonchev–Trinajstić information content (AvgIpc) is 3.02. The van der Waals surface area contributed by atoms with Gasteiger partial charge in [0, 0.05) is 13.1 Å². The van der Waals surface area contributed by atoms with Crippen LogP contribution < -0.4 is 10.2 Å². The van der Waals surface area contributed by atoms with Crippen LogP contribution >= 0.6 is 22.9 Å². The van der Waals surface area contributed by atoms with Crippen molar-refractivity contribution in [3.63, 3.8) is 0 Å². The van der Waals surface area contributed by atoms with Crippen LogP contribution in [0.2, 0.25) is 5.15 Å². The van der Waals surface area contributed by atoms with E-state index in [-0.39, 0.29) is 23.0 Å². The second-order valence-corrected chi connectivity index (χ2v) is 6.20. The number of thiazole rings is 1. The summed E-state index contributed by atoms with van der Waals surface area (Å²) in [4.78, 5) is 30.0. The lowest BCUT2D eigenvalue weighted by molar-refractivity contribution is -0.123. The van der Waals surface area contributed by atoms with E-state index in [1.807, 2.05) is 0 Å². The molecule has 8 heteroatoms. The number of hydrogen-bond donors (Lipinski definition) is 1. The number of piperidine rings is 1. The monoisotopic (exact) mass is 315 g/mol. The van der Waals surface area contributed by atoms with E-state index >= 15 is 0 Å². The summed E-state index contributed by atoms with van der Waals surface area (Å²) in [6, 6.07) is 0.101. The lowest BCUT2D eigenvalue weighted by atomic mass is 9.92. The third-order valence-corrected chi connectivity index (χ3v) is 5.25. The third kappa shape index (κ3) is 2.14. The number of nitrogens with zero attached hydrogens (tertiary/aromatic N) is 2. The Bertz CT molecular complexity index is 562. The summed E-state index contributed by atoms with van der Waals surface area (Å²) in [5.41, 5.74) is 0. The molecule has 1 amide bonds. The highest BCUT2D eigenvalue weighted by Gasteiger charge is 2.42. The summed E-state index contributed by atoms with van der Waals surface area (Å²) in [7, 11) is 1.31. The SMILES string of the molecule is COC(=O)c1sc(N2CCCC3C(=O)NCC32)nc1Cl. The predicted octanol–water partition coefficient (Wildman–Crippen LogP) is 1.30. The fourth-order valence-electron chi connectivity index (χ4n) is 2.82. The van der Waals surface area contributed by atoms with Crippen molar-refractivity contribution in [3.8, 4) is 0 Å². The van der Waals surface area contributed by atoms with E-state index in [4.69, 9.17) is 11.6 Å². The van der Waals surface area contributed by atoms with Crippen LogP contribution in [-0.4, -0.2) is 43.1 Å². The molecule has 2 aliphatic heterocycles. The van der Waals surface area contributed by atoms with Crippen LogP contribution in [-0.2, 0) is 9.53 Å². The minimum Gasteiger partial charge on any atom is -0.465 e. The van der Waals surface area contributed by atoms with Gasteiger partial charge in [0.1, 0.15) is 0 Å². The van der Waals surface area contributed by atoms with Gasteiger partial charge in [-0.2, -0.15) is 0 Å². The maximum Gasteiger partial charge on any atom is 0.351 e. The minimum absolute atomic E-state index is 0.00741. The molecule has 3 rings (SSSR count). The second-order valence-electron chi connectivity index (χ2n) is 4.86. The maximum atomic E-state index is 11.8. The molecular formula is C12H14ClN3O3S. The molecule has 2 fully saturated rings. The number of esters is 1. The number of carbonyl (C=O) groups excluding carboxylic acids is 2. The number of methoxy groups -OCH3 is 1. The van der Waals surface area contributed by atoms with Gasteiger partial charge in [0.25, 0.3) is 0 Å². The quantitative estimate of drug-likeness (QED) is 0.833. The van der Waals surface area contributed by atoms with Gasteiger partial charge in [-0.1, -0.05) is 22.9 Å². The molecule has 0 saturated carbocycles. The second kappa shape index (κ2) is 5.21. The number of nitrogens with one attached hydrogen (secondary N) is 1. The van der Waals surface area contributed by atoms with Gasteiger partial charge in [-0.3, -0.25) is 4.79 Å². The van der Waals surface area contributed by atoms with Crippen LogP contribution in [0.5, 0.6) is 0 Å². The molecule has 0 aromatic carbocycles. The molecular weight excluding hydrogens is 302 g/mol. The lowest BCUT2D eigenvalue weighted by Gasteiger charge is -2.35. The number of rotatable bonds is 2. The number of carbonyl (C=O) groups is 2. The molecule has 2 atom stereocenters. The van der Waals surface area contributed by atoms with Gasteiger partial charge < -0.3 is 15.0 Å². The molecule has 0 bridgehead atoms. The molecule has 3 heterocycles. The Hall–Kier alpha value is -1.34. The number of halogens is 1. The Labute approximate surface area is 125 Å². The van der Waals surface area contributed by atoms with Gasteiger partial charge in [0.2, 0.25) is 5.91 Å². The molecule has 1 aromatic rings. The zero-order chi connectivity index (χ0) is 14.3. The number of aromatic nitrogens is 1. The van der Waals surface area contributed by atoms with Crippen molar-refractivity contribution in [2.75, 3.05) is 25.1 Å². The highest BCUT2D eigenvalue weighted by atomic mass is 35.5. The molecule has 108 valence electrons. The molecule has 0 aliphatic carbocycles. The van der Waals surface area contributed by atoms with E-state index in [0.717, 1.165) is 19.4 Å². The Morgan fingerprint density at radius 3 is 3.15 bits per heavy atom. The molecule has 1 aromatic heterocycles. The Morgan fingerprint density at radius 2 is 2.40 bits per heavy atom. The van der Waals surface area contributed by atoms with Crippen LogP contribution in [0.15, 0.2) is 0 Å². The first-order chi connectivity index (χ1) is 9.61. The first-order valence-corrected chi connectivity index (χ1v) is 7.60. The summed E-state index contributed by atoms with van der Waals surface area (Å²) < 4.78 is 4.68. The number of anilines is 1. The van der Waals surface area contributed by atoms with Gasteiger partial charge in [0.15, 0.2) is 15.2 Å². The summed E-state index contributed by atoms with van der Waals surface area (Å²) in [6.45, 7) is 1.44. The number of ether oxygens (including phenoxy) is 1. The first-order valence-electron chi connectivity index (χ1n) is 6.41. The Morgan fingerprint density at radius 1 is 1.60 bits per heavy atom. The van der Waals surface area contributed by atoms with Crippen molar-refractivity contribution >= 4 is 39.9 Å². The smallest absolute Gasteiger partial charge is 0.351 e. The van der Waals surface area contributed by atoms with Crippen molar-refractivity contribution in [2.24, 2.45) is 5.92 Å². The van der Waals surface area contributed by atoms with Crippen molar-refractivity contribution in [3.05, 3.63) is 10.0 Å². The Kier molecular flexibility index (Phi) is 3.55. The van der Waals surface area contributed by atoms with Crippen molar-refractivity contribution in [1.29, 1.82) is 0 Å². The van der Waals surface area contributed by atoms with E-state index < -0.39 is 5.97 Å². The van der Waals surface area contributed by atoms with Gasteiger partial charge in [0.05, 0.1) is 19.1 Å². The first kappa shape index (κ1) is 13.6. The van der Waals surface area contributed by atoms with Gasteiger partial charge in [-0.05, 0) is 12.8 Å². The summed E-state index contributed by atoms with van der Waals surface area (Å²) in [5.74, 6) is -0.364. The highest BCUT2D eigenvalue weighted by molar-refractivity contribution is 7.18. The van der Waals surface area contributed by atoms with Crippen LogP contribution in [0.25, 0.3) is 0 Å². The van der Waals surface area contributed by atoms with Crippen LogP contribution in [0, 0.1) is 5.92 Å². The van der Waals surface area contributed by atoms with E-state index in [1.165, 1.54) is 18.4 Å². The van der Waals surface area contributed by atoms with Crippen molar-refractivity contribution in [1.82, 2.24) is 10.3 Å². The van der Waals surface area contributed by atoms with Crippen molar-refractivity contribution in [2.45, 2.75) is 18.9 Å². The average molecular weight is 316 g/mol. The summed E-state index contributed by atoms with van der Waals surface area (Å²) >= 11 is 7.22. The Balaban J connectivity index is 1.89. The standard InChI is InChI=1S/C12H14ClN3O3S/c1-19-11(18)8-9(13)15-12(20-8)16-4-2-3-6-7(16)5-14-10(6)17/h6-7H,2-5H2,1H3,(H,14,17). The topological polar surface area (TPSA) is 71.5 Å². The molecule has 1 N–H and O–H groups in total. The normalized spacial score (nSPS) is 25.3. The van der Waals surface area contributed by atoms with E-state index in [1.54, 1.807) is 0 Å². The van der Waals surface area contributed by atoms with Gasteiger partial charge in [-0.25, -0.2) is 9.78 Å². The van der Waals surface area contributed by atoms with Crippen LogP contribution in [0.1, 0.15) is 22.5 Å². The van der Waals surface area contributed by atoms with E-state index in [2.05, 4.69) is 19.9 Å².